The number of aromatic nitrogens is 1. The predicted molar refractivity (Wildman–Crippen MR) is 115 cm³/mol. The highest BCUT2D eigenvalue weighted by atomic mass is 127. The fourth-order valence-corrected chi connectivity index (χ4v) is 2.80. The first-order valence-corrected chi connectivity index (χ1v) is 10.6. The van der Waals surface area contributed by atoms with Crippen molar-refractivity contribution in [2.45, 2.75) is 13.5 Å². The van der Waals surface area contributed by atoms with Gasteiger partial charge in [-0.15, -0.1) is 35.3 Å². The second-order valence-corrected chi connectivity index (χ2v) is 8.48. The Labute approximate surface area is 171 Å². The van der Waals surface area contributed by atoms with Gasteiger partial charge in [-0.1, -0.05) is 0 Å². The van der Waals surface area contributed by atoms with E-state index in [-0.39, 0.29) is 36.3 Å². The number of hydrogen-bond acceptors (Lipinski definition) is 7. The van der Waals surface area contributed by atoms with Crippen LogP contribution in [0.5, 0.6) is 0 Å². The molecule has 0 bridgehead atoms. The van der Waals surface area contributed by atoms with E-state index < -0.39 is 9.84 Å². The molecule has 0 aliphatic heterocycles. The molecule has 25 heavy (non-hydrogen) atoms. The summed E-state index contributed by atoms with van der Waals surface area (Å²) in [7, 11) is 0.949. The van der Waals surface area contributed by atoms with Gasteiger partial charge in [0.15, 0.2) is 11.1 Å². The molecule has 146 valence electrons. The van der Waals surface area contributed by atoms with Crippen molar-refractivity contribution in [3.05, 3.63) is 11.1 Å². The molecule has 2 N–H and O–H groups in total. The van der Waals surface area contributed by atoms with Crippen LogP contribution in [0.4, 0.5) is 5.13 Å². The van der Waals surface area contributed by atoms with Crippen molar-refractivity contribution in [1.29, 1.82) is 0 Å². The predicted octanol–water partition coefficient (Wildman–Crippen LogP) is 0.943. The van der Waals surface area contributed by atoms with Crippen LogP contribution in [0.15, 0.2) is 10.4 Å². The molecule has 0 aromatic carbocycles. The smallest absolute Gasteiger partial charge is 0.191 e. The van der Waals surface area contributed by atoms with Crippen molar-refractivity contribution in [2.75, 3.05) is 57.3 Å². The molecular weight excluding hydrogens is 477 g/mol. The summed E-state index contributed by atoms with van der Waals surface area (Å²) in [6.45, 7) is 4.42. The van der Waals surface area contributed by atoms with Gasteiger partial charge in [-0.05, 0) is 6.92 Å². The van der Waals surface area contributed by atoms with E-state index in [1.54, 1.807) is 11.3 Å². The summed E-state index contributed by atoms with van der Waals surface area (Å²) in [5, 5.41) is 9.25. The van der Waals surface area contributed by atoms with Gasteiger partial charge in [0.2, 0.25) is 0 Å². The topological polar surface area (TPSA) is 95.9 Å². The number of aliphatic imine (C=N–C) groups is 1. The molecule has 0 spiro atoms. The zero-order chi connectivity index (χ0) is 18.0. The SMILES string of the molecule is CCNC(=NCc1csc(N(C)C)n1)NCCOCCS(C)(=O)=O.I. The number of hydrogen-bond donors (Lipinski definition) is 2. The Kier molecular flexibility index (Phi) is 12.3. The third kappa shape index (κ3) is 11.5. The van der Waals surface area contributed by atoms with Crippen molar-refractivity contribution in [1.82, 2.24) is 15.6 Å². The number of ether oxygens (including phenoxy) is 1. The second-order valence-electron chi connectivity index (χ2n) is 5.38. The summed E-state index contributed by atoms with van der Waals surface area (Å²) in [6.07, 6.45) is 1.20. The number of anilines is 1. The summed E-state index contributed by atoms with van der Waals surface area (Å²) in [5.41, 5.74) is 0.922. The molecule has 0 radical (unpaired) electrons. The Morgan fingerprint density at radius 3 is 2.64 bits per heavy atom. The highest BCUT2D eigenvalue weighted by Crippen LogP contribution is 2.18. The van der Waals surface area contributed by atoms with Gasteiger partial charge in [0.1, 0.15) is 9.84 Å². The van der Waals surface area contributed by atoms with Crippen molar-refractivity contribution >= 4 is 56.2 Å². The van der Waals surface area contributed by atoms with Crippen molar-refractivity contribution in [3.8, 4) is 0 Å². The van der Waals surface area contributed by atoms with Gasteiger partial charge in [0.05, 0.1) is 31.2 Å². The van der Waals surface area contributed by atoms with Crippen LogP contribution in [0.25, 0.3) is 0 Å². The first-order valence-electron chi connectivity index (χ1n) is 7.71. The van der Waals surface area contributed by atoms with Gasteiger partial charge < -0.3 is 20.3 Å². The Morgan fingerprint density at radius 2 is 2.08 bits per heavy atom. The number of nitrogens with one attached hydrogen (secondary N) is 2. The molecule has 0 amide bonds. The summed E-state index contributed by atoms with van der Waals surface area (Å²) in [5.74, 6) is 0.725. The van der Waals surface area contributed by atoms with E-state index in [0.29, 0.717) is 25.7 Å². The van der Waals surface area contributed by atoms with E-state index in [0.717, 1.165) is 17.4 Å². The van der Waals surface area contributed by atoms with Gasteiger partial charge >= 0.3 is 0 Å². The van der Waals surface area contributed by atoms with E-state index in [1.807, 2.05) is 31.3 Å². The summed E-state index contributed by atoms with van der Waals surface area (Å²) >= 11 is 1.59. The van der Waals surface area contributed by atoms with Crippen molar-refractivity contribution in [2.24, 2.45) is 4.99 Å². The zero-order valence-corrected chi connectivity index (χ0v) is 19.1. The van der Waals surface area contributed by atoms with Crippen LogP contribution < -0.4 is 15.5 Å². The maximum Gasteiger partial charge on any atom is 0.191 e. The van der Waals surface area contributed by atoms with Crippen molar-refractivity contribution < 1.29 is 13.2 Å². The molecule has 0 atom stereocenters. The van der Waals surface area contributed by atoms with Crippen LogP contribution in [-0.4, -0.2) is 71.8 Å². The molecule has 0 unspecified atom stereocenters. The highest BCUT2D eigenvalue weighted by Gasteiger charge is 2.04. The van der Waals surface area contributed by atoms with Crippen molar-refractivity contribution in [3.63, 3.8) is 0 Å². The van der Waals surface area contributed by atoms with Crippen LogP contribution in [0, 0.1) is 0 Å². The van der Waals surface area contributed by atoms with E-state index in [4.69, 9.17) is 4.74 Å². The van der Waals surface area contributed by atoms with E-state index in [9.17, 15) is 8.42 Å². The molecule has 0 saturated heterocycles. The average molecular weight is 505 g/mol. The standard InChI is InChI=1S/C14H27N5O3S2.HI/c1-5-15-13(16-6-7-22-8-9-24(4,20)21)17-10-12-11-23-14(18-12)19(2)3;/h11H,5-10H2,1-4H3,(H2,15,16,17);1H. The number of nitrogens with zero attached hydrogens (tertiary/aromatic N) is 3. The Balaban J connectivity index is 0.00000576. The van der Waals surface area contributed by atoms with Crippen LogP contribution in [0.1, 0.15) is 12.6 Å². The quantitative estimate of drug-likeness (QED) is 0.212. The molecule has 0 fully saturated rings. The van der Waals surface area contributed by atoms with Crippen LogP contribution >= 0.6 is 35.3 Å². The normalized spacial score (nSPS) is 11.8. The lowest BCUT2D eigenvalue weighted by Crippen LogP contribution is -2.39. The van der Waals surface area contributed by atoms with Crippen LogP contribution in [0.3, 0.4) is 0 Å². The first kappa shape index (κ1) is 24.3. The van der Waals surface area contributed by atoms with Gasteiger partial charge in [-0.2, -0.15) is 0 Å². The van der Waals surface area contributed by atoms with Gasteiger partial charge in [0.25, 0.3) is 0 Å². The van der Waals surface area contributed by atoms with E-state index in [2.05, 4.69) is 20.6 Å². The molecule has 1 heterocycles. The minimum absolute atomic E-state index is 0. The largest absolute Gasteiger partial charge is 0.379 e. The lowest BCUT2D eigenvalue weighted by molar-refractivity contribution is 0.154. The molecule has 0 aliphatic carbocycles. The molecule has 1 aromatic heterocycles. The van der Waals surface area contributed by atoms with Gasteiger partial charge in [-0.3, -0.25) is 0 Å². The first-order chi connectivity index (χ1) is 11.3. The number of sulfone groups is 1. The molecule has 0 aliphatic rings. The Bertz CT molecular complexity index is 620. The minimum Gasteiger partial charge on any atom is -0.379 e. The summed E-state index contributed by atoms with van der Waals surface area (Å²) in [4.78, 5) is 10.9. The minimum atomic E-state index is -2.97. The number of rotatable bonds is 10. The summed E-state index contributed by atoms with van der Waals surface area (Å²) < 4.78 is 27.3. The summed E-state index contributed by atoms with van der Waals surface area (Å²) in [6, 6.07) is 0. The van der Waals surface area contributed by atoms with Crippen LogP contribution in [0.2, 0.25) is 0 Å². The number of thiazole rings is 1. The third-order valence-electron chi connectivity index (χ3n) is 2.80. The maximum absolute atomic E-state index is 11.0. The highest BCUT2D eigenvalue weighted by molar-refractivity contribution is 14.0. The number of guanidine groups is 1. The fraction of sp³-hybridized carbons (Fsp3) is 0.714. The molecule has 11 heteroatoms. The number of halogens is 1. The van der Waals surface area contributed by atoms with E-state index >= 15 is 0 Å². The van der Waals surface area contributed by atoms with Gasteiger partial charge in [0, 0.05) is 38.8 Å². The Hall–Kier alpha value is -0.660. The molecule has 0 saturated carbocycles. The zero-order valence-electron chi connectivity index (χ0n) is 15.1. The lowest BCUT2D eigenvalue weighted by atomic mass is 10.5. The molecule has 1 aromatic rings. The maximum atomic E-state index is 11.0. The Morgan fingerprint density at radius 1 is 1.36 bits per heavy atom. The third-order valence-corrected chi connectivity index (χ3v) is 4.77. The van der Waals surface area contributed by atoms with Gasteiger partial charge in [-0.25, -0.2) is 18.4 Å². The molecular formula is C14H28IN5O3S2. The van der Waals surface area contributed by atoms with E-state index in [1.165, 1.54) is 6.26 Å². The van der Waals surface area contributed by atoms with Crippen LogP contribution in [-0.2, 0) is 21.1 Å². The molecule has 8 nitrogen and oxygen atoms in total. The lowest BCUT2D eigenvalue weighted by Gasteiger charge is -2.11. The average Bonchev–Trinajstić information content (AvgIpc) is 2.96. The second kappa shape index (κ2) is 12.7. The monoisotopic (exact) mass is 505 g/mol. The fourth-order valence-electron chi connectivity index (χ4n) is 1.63. The molecule has 1 rings (SSSR count).